The number of rotatable bonds is 3. The first-order chi connectivity index (χ1) is 6.06. The van der Waals surface area contributed by atoms with Crippen LogP contribution in [-0.2, 0) is 9.84 Å². The van der Waals surface area contributed by atoms with E-state index in [1.807, 2.05) is 6.92 Å². The minimum Gasteiger partial charge on any atom is -0.244 e. The monoisotopic (exact) mass is 219 g/mol. The molecule has 0 aliphatic heterocycles. The third kappa shape index (κ3) is 2.67. The van der Waals surface area contributed by atoms with Crippen molar-refractivity contribution in [2.45, 2.75) is 11.9 Å². The molecule has 0 aliphatic rings. The Hall–Kier alpha value is -0.610. The molecule has 0 N–H and O–H groups in total. The van der Waals surface area contributed by atoms with E-state index >= 15 is 0 Å². The van der Waals surface area contributed by atoms with Crippen molar-refractivity contribution in [3.05, 3.63) is 23.9 Å². The van der Waals surface area contributed by atoms with E-state index in [1.165, 1.54) is 12.3 Å². The number of hydrogen-bond acceptors (Lipinski definition) is 3. The van der Waals surface area contributed by atoms with Crippen LogP contribution in [0.4, 0.5) is 0 Å². The Kier molecular flexibility index (Phi) is 3.27. The van der Waals surface area contributed by atoms with Crippen molar-refractivity contribution in [3.63, 3.8) is 0 Å². The highest BCUT2D eigenvalue weighted by atomic mass is 35.5. The summed E-state index contributed by atoms with van der Waals surface area (Å²) in [6.07, 6.45) is 1.53. The number of nitrogens with zero attached hydrogens (tertiary/aromatic N) is 1. The highest BCUT2D eigenvalue weighted by molar-refractivity contribution is 7.91. The van der Waals surface area contributed by atoms with Crippen LogP contribution in [0.5, 0.6) is 0 Å². The van der Waals surface area contributed by atoms with Gasteiger partial charge in [0.1, 0.15) is 0 Å². The van der Waals surface area contributed by atoms with E-state index in [0.29, 0.717) is 0 Å². The van der Waals surface area contributed by atoms with Crippen LogP contribution < -0.4 is 0 Å². The van der Waals surface area contributed by atoms with Gasteiger partial charge in [-0.3, -0.25) is 0 Å². The molecule has 0 radical (unpaired) electrons. The smallest absolute Gasteiger partial charge is 0.196 e. The van der Waals surface area contributed by atoms with E-state index in [0.717, 1.165) is 5.56 Å². The third-order valence-electron chi connectivity index (χ3n) is 1.55. The van der Waals surface area contributed by atoms with Crippen molar-refractivity contribution in [1.29, 1.82) is 0 Å². The van der Waals surface area contributed by atoms with Gasteiger partial charge in [-0.1, -0.05) is 6.07 Å². The lowest BCUT2D eigenvalue weighted by Gasteiger charge is -2.00. The van der Waals surface area contributed by atoms with Crippen molar-refractivity contribution >= 4 is 21.4 Å². The molecule has 0 atom stereocenters. The Labute approximate surface area is 82.7 Å². The summed E-state index contributed by atoms with van der Waals surface area (Å²) >= 11 is 5.36. The fraction of sp³-hybridized carbons (Fsp3) is 0.375. The number of halogens is 1. The van der Waals surface area contributed by atoms with Gasteiger partial charge in [-0.15, -0.1) is 11.6 Å². The molecule has 1 heterocycles. The van der Waals surface area contributed by atoms with E-state index in [1.54, 1.807) is 6.07 Å². The molecule has 0 fully saturated rings. The Morgan fingerprint density at radius 1 is 1.46 bits per heavy atom. The number of pyridine rings is 1. The number of aromatic nitrogens is 1. The van der Waals surface area contributed by atoms with Crippen LogP contribution in [0.25, 0.3) is 0 Å². The first-order valence-corrected chi connectivity index (χ1v) is 5.96. The molecule has 72 valence electrons. The number of hydrogen-bond donors (Lipinski definition) is 0. The first kappa shape index (κ1) is 10.5. The lowest BCUT2D eigenvalue weighted by atomic mass is 10.3. The third-order valence-corrected chi connectivity index (χ3v) is 3.58. The number of sulfone groups is 1. The second kappa shape index (κ2) is 4.07. The zero-order chi connectivity index (χ0) is 9.90. The zero-order valence-electron chi connectivity index (χ0n) is 7.20. The Balaban J connectivity index is 3.02. The van der Waals surface area contributed by atoms with Crippen LogP contribution in [0, 0.1) is 6.92 Å². The predicted octanol–water partition coefficient (Wildman–Crippen LogP) is 1.40. The average molecular weight is 220 g/mol. The van der Waals surface area contributed by atoms with Gasteiger partial charge >= 0.3 is 0 Å². The maximum atomic E-state index is 11.4. The second-order valence-corrected chi connectivity index (χ2v) is 5.12. The van der Waals surface area contributed by atoms with Crippen molar-refractivity contribution in [3.8, 4) is 0 Å². The van der Waals surface area contributed by atoms with E-state index in [4.69, 9.17) is 11.6 Å². The Bertz CT molecular complexity index is 372. The van der Waals surface area contributed by atoms with Gasteiger partial charge < -0.3 is 0 Å². The van der Waals surface area contributed by atoms with Gasteiger partial charge in [-0.25, -0.2) is 13.4 Å². The first-order valence-electron chi connectivity index (χ1n) is 3.77. The Morgan fingerprint density at radius 2 is 2.15 bits per heavy atom. The van der Waals surface area contributed by atoms with Crippen LogP contribution in [0.1, 0.15) is 5.56 Å². The van der Waals surface area contributed by atoms with Crippen molar-refractivity contribution in [2.75, 3.05) is 11.6 Å². The maximum Gasteiger partial charge on any atom is 0.196 e. The molecule has 5 heteroatoms. The van der Waals surface area contributed by atoms with Crippen LogP contribution in [0.3, 0.4) is 0 Å². The highest BCUT2D eigenvalue weighted by Crippen LogP contribution is 2.08. The van der Waals surface area contributed by atoms with E-state index in [9.17, 15) is 8.42 Å². The quantitative estimate of drug-likeness (QED) is 0.722. The SMILES string of the molecule is Cc1ccc(S(=O)(=O)CCCl)nc1. The van der Waals surface area contributed by atoms with E-state index in [-0.39, 0.29) is 16.7 Å². The van der Waals surface area contributed by atoms with Gasteiger partial charge in [0.05, 0.1) is 5.75 Å². The molecule has 13 heavy (non-hydrogen) atoms. The topological polar surface area (TPSA) is 47.0 Å². The van der Waals surface area contributed by atoms with Gasteiger partial charge in [0, 0.05) is 12.1 Å². The molecule has 0 aromatic carbocycles. The van der Waals surface area contributed by atoms with E-state index < -0.39 is 9.84 Å². The van der Waals surface area contributed by atoms with Crippen molar-refractivity contribution < 1.29 is 8.42 Å². The van der Waals surface area contributed by atoms with Crippen LogP contribution in [-0.4, -0.2) is 25.0 Å². The normalized spacial score (nSPS) is 11.5. The average Bonchev–Trinajstić information content (AvgIpc) is 2.05. The number of aryl methyl sites for hydroxylation is 1. The summed E-state index contributed by atoms with van der Waals surface area (Å²) in [5.74, 6) is 0.0303. The van der Waals surface area contributed by atoms with Gasteiger partial charge in [0.25, 0.3) is 0 Å². The zero-order valence-corrected chi connectivity index (χ0v) is 8.77. The molecule has 0 spiro atoms. The van der Waals surface area contributed by atoms with Gasteiger partial charge in [0.2, 0.25) is 0 Å². The van der Waals surface area contributed by atoms with Crippen molar-refractivity contribution in [2.24, 2.45) is 0 Å². The van der Waals surface area contributed by atoms with Crippen LogP contribution in [0.2, 0.25) is 0 Å². The molecular weight excluding hydrogens is 210 g/mol. The molecule has 1 aromatic rings. The van der Waals surface area contributed by atoms with Crippen LogP contribution in [0.15, 0.2) is 23.4 Å². The molecule has 0 saturated heterocycles. The molecule has 0 saturated carbocycles. The summed E-state index contributed by atoms with van der Waals surface area (Å²) in [6, 6.07) is 3.21. The van der Waals surface area contributed by atoms with Gasteiger partial charge in [0.15, 0.2) is 14.9 Å². The summed E-state index contributed by atoms with van der Waals surface area (Å²) in [6.45, 7) is 1.85. The lowest BCUT2D eigenvalue weighted by molar-refractivity contribution is 0.593. The summed E-state index contributed by atoms with van der Waals surface area (Å²) in [7, 11) is -3.27. The molecule has 0 amide bonds. The lowest BCUT2D eigenvalue weighted by Crippen LogP contribution is -2.09. The minimum atomic E-state index is -3.27. The molecule has 1 rings (SSSR count). The molecule has 1 aromatic heterocycles. The minimum absolute atomic E-state index is 0.0649. The highest BCUT2D eigenvalue weighted by Gasteiger charge is 2.14. The Morgan fingerprint density at radius 3 is 2.62 bits per heavy atom. The van der Waals surface area contributed by atoms with E-state index in [2.05, 4.69) is 4.98 Å². The molecule has 0 aliphatic carbocycles. The maximum absolute atomic E-state index is 11.4. The number of alkyl halides is 1. The van der Waals surface area contributed by atoms with Crippen LogP contribution >= 0.6 is 11.6 Å². The largest absolute Gasteiger partial charge is 0.244 e. The summed E-state index contributed by atoms with van der Waals surface area (Å²) in [5.41, 5.74) is 0.935. The van der Waals surface area contributed by atoms with Gasteiger partial charge in [-0.05, 0) is 18.6 Å². The fourth-order valence-corrected chi connectivity index (χ4v) is 2.35. The summed E-state index contributed by atoms with van der Waals surface area (Å²) < 4.78 is 22.8. The fourth-order valence-electron chi connectivity index (χ4n) is 0.844. The summed E-state index contributed by atoms with van der Waals surface area (Å²) in [4.78, 5) is 3.82. The van der Waals surface area contributed by atoms with Gasteiger partial charge in [-0.2, -0.15) is 0 Å². The predicted molar refractivity (Wildman–Crippen MR) is 51.7 cm³/mol. The standard InChI is InChI=1S/C8H10ClNO2S/c1-7-2-3-8(10-6-7)13(11,12)5-4-9/h2-3,6H,4-5H2,1H3. The molecule has 3 nitrogen and oxygen atoms in total. The second-order valence-electron chi connectivity index (χ2n) is 2.68. The molecule has 0 unspecified atom stereocenters. The molecular formula is C8H10ClNO2S. The van der Waals surface area contributed by atoms with Crippen molar-refractivity contribution in [1.82, 2.24) is 4.98 Å². The molecule has 0 bridgehead atoms. The summed E-state index contributed by atoms with van der Waals surface area (Å²) in [5, 5.41) is 0.0961.